The number of nitrogens with one attached hydrogen (secondary N) is 1. The topological polar surface area (TPSA) is 68.0 Å². The first-order chi connectivity index (χ1) is 10.2. The summed E-state index contributed by atoms with van der Waals surface area (Å²) in [6.45, 7) is 0.350. The summed E-state index contributed by atoms with van der Waals surface area (Å²) in [5, 5.41) is 7.51. The molecule has 0 aliphatic heterocycles. The monoisotopic (exact) mass is 361 g/mol. The summed E-state index contributed by atoms with van der Waals surface area (Å²) in [5.74, 6) is -0.220. The fourth-order valence-electron chi connectivity index (χ4n) is 2.00. The fraction of sp³-hybridized carbons (Fsp3) is 0.0667. The van der Waals surface area contributed by atoms with Gasteiger partial charge in [0.15, 0.2) is 0 Å². The number of carbonyl (C=O) groups is 1. The van der Waals surface area contributed by atoms with Gasteiger partial charge in [-0.2, -0.15) is 0 Å². The Balaban J connectivity index is 1.84. The zero-order chi connectivity index (χ0) is 14.8. The lowest BCUT2D eigenvalue weighted by Gasteiger charge is -2.05. The maximum absolute atomic E-state index is 12.1. The van der Waals surface area contributed by atoms with Crippen molar-refractivity contribution in [3.8, 4) is 0 Å². The van der Waals surface area contributed by atoms with E-state index in [1.54, 1.807) is 5.38 Å². The number of carbonyl (C=O) groups excluding carboxylic acids is 1. The Hall–Kier alpha value is -1.76. The van der Waals surface area contributed by atoms with Crippen molar-refractivity contribution in [1.29, 1.82) is 0 Å². The average molecular weight is 362 g/mol. The van der Waals surface area contributed by atoms with Crippen LogP contribution in [-0.4, -0.2) is 10.9 Å². The molecule has 0 radical (unpaired) electrons. The van der Waals surface area contributed by atoms with Crippen LogP contribution in [0.5, 0.6) is 0 Å². The second-order valence-corrected chi connectivity index (χ2v) is 6.35. The molecule has 1 amide bonds. The molecular weight excluding hydrogens is 350 g/mol. The van der Waals surface area contributed by atoms with Crippen LogP contribution in [0, 0.1) is 0 Å². The first-order valence-electron chi connectivity index (χ1n) is 6.31. The second kappa shape index (κ2) is 5.93. The van der Waals surface area contributed by atoms with Gasteiger partial charge in [0.05, 0.1) is 0 Å². The van der Waals surface area contributed by atoms with Crippen molar-refractivity contribution in [3.05, 3.63) is 57.0 Å². The quantitative estimate of drug-likeness (QED) is 0.745. The van der Waals surface area contributed by atoms with E-state index in [2.05, 4.69) is 26.2 Å². The molecule has 0 fully saturated rings. The number of nitrogens with two attached hydrogens (primary N) is 1. The highest BCUT2D eigenvalue weighted by Gasteiger charge is 2.10. The third kappa shape index (κ3) is 3.12. The van der Waals surface area contributed by atoms with Crippen LogP contribution in [0.1, 0.15) is 15.5 Å². The van der Waals surface area contributed by atoms with Crippen molar-refractivity contribution in [2.24, 2.45) is 5.73 Å². The highest BCUT2D eigenvalue weighted by Crippen LogP contribution is 2.23. The SMILES string of the molecule is NCc1nc(C(=O)Nc2ccc3cc(Br)ccc3c2)cs1. The van der Waals surface area contributed by atoms with Crippen LogP contribution < -0.4 is 11.1 Å². The average Bonchev–Trinajstić information content (AvgIpc) is 2.96. The molecule has 0 spiro atoms. The molecule has 6 heteroatoms. The molecule has 0 saturated carbocycles. The summed E-state index contributed by atoms with van der Waals surface area (Å²) in [6.07, 6.45) is 0. The van der Waals surface area contributed by atoms with Crippen LogP contribution in [-0.2, 0) is 6.54 Å². The summed E-state index contributed by atoms with van der Waals surface area (Å²) in [4.78, 5) is 16.3. The maximum atomic E-state index is 12.1. The zero-order valence-electron chi connectivity index (χ0n) is 11.0. The molecule has 106 valence electrons. The molecule has 0 aliphatic carbocycles. The summed E-state index contributed by atoms with van der Waals surface area (Å²) >= 11 is 4.83. The Morgan fingerprint density at radius 1 is 1.24 bits per heavy atom. The number of amides is 1. The van der Waals surface area contributed by atoms with Gasteiger partial charge in [-0.15, -0.1) is 11.3 Å². The molecule has 2 aromatic carbocycles. The number of benzene rings is 2. The summed E-state index contributed by atoms with van der Waals surface area (Å²) in [7, 11) is 0. The third-order valence-electron chi connectivity index (χ3n) is 3.02. The minimum Gasteiger partial charge on any atom is -0.325 e. The second-order valence-electron chi connectivity index (χ2n) is 4.49. The minimum atomic E-state index is -0.220. The van der Waals surface area contributed by atoms with Crippen LogP contribution >= 0.6 is 27.3 Å². The van der Waals surface area contributed by atoms with Gasteiger partial charge in [-0.1, -0.05) is 28.1 Å². The number of hydrogen-bond donors (Lipinski definition) is 2. The van der Waals surface area contributed by atoms with Crippen LogP contribution in [0.2, 0.25) is 0 Å². The van der Waals surface area contributed by atoms with E-state index in [1.165, 1.54) is 11.3 Å². The van der Waals surface area contributed by atoms with Crippen LogP contribution in [0.3, 0.4) is 0 Å². The van der Waals surface area contributed by atoms with Gasteiger partial charge in [-0.25, -0.2) is 4.98 Å². The lowest BCUT2D eigenvalue weighted by molar-refractivity contribution is 0.102. The van der Waals surface area contributed by atoms with Crippen LogP contribution in [0.4, 0.5) is 5.69 Å². The van der Waals surface area contributed by atoms with Gasteiger partial charge >= 0.3 is 0 Å². The molecule has 1 aromatic heterocycles. The number of thiazole rings is 1. The lowest BCUT2D eigenvalue weighted by Crippen LogP contribution is -2.12. The van der Waals surface area contributed by atoms with E-state index in [4.69, 9.17) is 5.73 Å². The van der Waals surface area contributed by atoms with Crippen molar-refractivity contribution >= 4 is 49.6 Å². The number of nitrogens with zero attached hydrogens (tertiary/aromatic N) is 1. The van der Waals surface area contributed by atoms with E-state index in [9.17, 15) is 4.79 Å². The van der Waals surface area contributed by atoms with Crippen LogP contribution in [0.25, 0.3) is 10.8 Å². The molecule has 3 rings (SSSR count). The Morgan fingerprint density at radius 2 is 2.00 bits per heavy atom. The van der Waals surface area contributed by atoms with Crippen molar-refractivity contribution in [2.45, 2.75) is 6.54 Å². The molecular formula is C15H12BrN3OS. The molecule has 0 aliphatic rings. The molecule has 0 saturated heterocycles. The molecule has 3 N–H and O–H groups in total. The smallest absolute Gasteiger partial charge is 0.275 e. The van der Waals surface area contributed by atoms with Gasteiger partial charge in [0.2, 0.25) is 0 Å². The number of fused-ring (bicyclic) bond motifs is 1. The molecule has 0 bridgehead atoms. The summed E-state index contributed by atoms with van der Waals surface area (Å²) in [6, 6.07) is 11.8. The van der Waals surface area contributed by atoms with E-state index in [1.807, 2.05) is 36.4 Å². The largest absolute Gasteiger partial charge is 0.325 e. The lowest BCUT2D eigenvalue weighted by atomic mass is 10.1. The van der Waals surface area contributed by atoms with Gasteiger partial charge in [-0.3, -0.25) is 4.79 Å². The van der Waals surface area contributed by atoms with Crippen LogP contribution in [0.15, 0.2) is 46.3 Å². The summed E-state index contributed by atoms with van der Waals surface area (Å²) in [5.41, 5.74) is 6.65. The van der Waals surface area contributed by atoms with Crippen molar-refractivity contribution in [2.75, 3.05) is 5.32 Å². The number of halogens is 1. The first kappa shape index (κ1) is 14.2. The van der Waals surface area contributed by atoms with E-state index in [0.717, 1.165) is 25.9 Å². The Labute approximate surface area is 134 Å². The Morgan fingerprint density at radius 3 is 2.76 bits per heavy atom. The predicted octanol–water partition coefficient (Wildman–Crippen LogP) is 3.77. The molecule has 3 aromatic rings. The highest BCUT2D eigenvalue weighted by molar-refractivity contribution is 9.10. The molecule has 0 atom stereocenters. The normalized spacial score (nSPS) is 10.8. The van der Waals surface area contributed by atoms with Gasteiger partial charge in [0, 0.05) is 22.1 Å². The summed E-state index contributed by atoms with van der Waals surface area (Å²) < 4.78 is 1.03. The molecule has 0 unspecified atom stereocenters. The number of hydrogen-bond acceptors (Lipinski definition) is 4. The first-order valence-corrected chi connectivity index (χ1v) is 7.98. The minimum absolute atomic E-state index is 0.220. The predicted molar refractivity (Wildman–Crippen MR) is 89.6 cm³/mol. The number of rotatable bonds is 3. The maximum Gasteiger partial charge on any atom is 0.275 e. The standard InChI is InChI=1S/C15H12BrN3OS/c16-11-3-1-10-6-12(4-2-9(10)5-11)18-15(20)13-8-21-14(7-17)19-13/h1-6,8H,7,17H2,(H,18,20). The van der Waals surface area contributed by atoms with Gasteiger partial charge < -0.3 is 11.1 Å². The van der Waals surface area contributed by atoms with Crippen molar-refractivity contribution in [3.63, 3.8) is 0 Å². The van der Waals surface area contributed by atoms with Gasteiger partial charge in [-0.05, 0) is 35.0 Å². The van der Waals surface area contributed by atoms with Crippen molar-refractivity contribution < 1.29 is 4.79 Å². The van der Waals surface area contributed by atoms with E-state index < -0.39 is 0 Å². The van der Waals surface area contributed by atoms with E-state index in [0.29, 0.717) is 12.2 Å². The van der Waals surface area contributed by atoms with E-state index in [-0.39, 0.29) is 5.91 Å². The Bertz CT molecular complexity index is 816. The van der Waals surface area contributed by atoms with E-state index >= 15 is 0 Å². The molecule has 4 nitrogen and oxygen atoms in total. The zero-order valence-corrected chi connectivity index (χ0v) is 13.4. The Kier molecular flexibility index (Phi) is 4.01. The molecule has 1 heterocycles. The number of aromatic nitrogens is 1. The van der Waals surface area contributed by atoms with Gasteiger partial charge in [0.1, 0.15) is 10.7 Å². The third-order valence-corrected chi connectivity index (χ3v) is 4.38. The molecule has 21 heavy (non-hydrogen) atoms. The highest BCUT2D eigenvalue weighted by atomic mass is 79.9. The van der Waals surface area contributed by atoms with Gasteiger partial charge in [0.25, 0.3) is 5.91 Å². The van der Waals surface area contributed by atoms with Crippen molar-refractivity contribution in [1.82, 2.24) is 4.98 Å². The number of anilines is 1. The fourth-order valence-corrected chi connectivity index (χ4v) is 3.03.